The highest BCUT2D eigenvalue weighted by molar-refractivity contribution is 7.80. The lowest BCUT2D eigenvalue weighted by molar-refractivity contribution is -0.384. The van der Waals surface area contributed by atoms with Crippen molar-refractivity contribution < 1.29 is 9.72 Å². The molecule has 0 bridgehead atoms. The van der Waals surface area contributed by atoms with Crippen molar-refractivity contribution in [2.45, 2.75) is 26.2 Å². The Hall–Kier alpha value is -2.80. The van der Waals surface area contributed by atoms with Crippen molar-refractivity contribution in [3.63, 3.8) is 0 Å². The number of amides is 1. The lowest BCUT2D eigenvalue weighted by Crippen LogP contribution is -2.34. The van der Waals surface area contributed by atoms with Crippen LogP contribution in [0.2, 0.25) is 0 Å². The molecule has 130 valence electrons. The van der Waals surface area contributed by atoms with Crippen molar-refractivity contribution in [3.05, 3.63) is 69.8 Å². The van der Waals surface area contributed by atoms with Crippen LogP contribution in [0.25, 0.3) is 0 Å². The summed E-state index contributed by atoms with van der Waals surface area (Å²) < 4.78 is 0. The molecular weight excluding hydrogens is 338 g/mol. The van der Waals surface area contributed by atoms with Crippen LogP contribution in [0.15, 0.2) is 48.5 Å². The molecule has 0 saturated heterocycles. The molecule has 1 amide bonds. The van der Waals surface area contributed by atoms with Crippen LogP contribution in [0.5, 0.6) is 0 Å². The van der Waals surface area contributed by atoms with E-state index in [-0.39, 0.29) is 21.8 Å². The van der Waals surface area contributed by atoms with Gasteiger partial charge in [-0.15, -0.1) is 0 Å². The summed E-state index contributed by atoms with van der Waals surface area (Å²) >= 11 is 5.13. The fourth-order valence-corrected chi connectivity index (χ4v) is 2.34. The summed E-state index contributed by atoms with van der Waals surface area (Å²) in [6.45, 7) is 6.39. The Labute approximate surface area is 151 Å². The summed E-state index contributed by atoms with van der Waals surface area (Å²) in [6.07, 6.45) is 0. The van der Waals surface area contributed by atoms with Crippen molar-refractivity contribution in [1.29, 1.82) is 0 Å². The molecule has 7 heteroatoms. The predicted octanol–water partition coefficient (Wildman–Crippen LogP) is 4.02. The number of rotatable bonds is 3. The van der Waals surface area contributed by atoms with Crippen molar-refractivity contribution in [2.75, 3.05) is 5.32 Å². The molecule has 25 heavy (non-hydrogen) atoms. The van der Waals surface area contributed by atoms with Gasteiger partial charge in [0.25, 0.3) is 11.6 Å². The second-order valence-electron chi connectivity index (χ2n) is 6.54. The number of hydrogen-bond donors (Lipinski definition) is 2. The second-order valence-corrected chi connectivity index (χ2v) is 6.95. The van der Waals surface area contributed by atoms with E-state index in [2.05, 4.69) is 31.4 Å². The summed E-state index contributed by atoms with van der Waals surface area (Å²) in [5, 5.41) is 16.3. The van der Waals surface area contributed by atoms with Gasteiger partial charge in [-0.25, -0.2) is 0 Å². The zero-order chi connectivity index (χ0) is 18.6. The highest BCUT2D eigenvalue weighted by Crippen LogP contribution is 2.23. The van der Waals surface area contributed by atoms with E-state index in [0.717, 1.165) is 5.69 Å². The molecule has 0 spiro atoms. The molecule has 2 rings (SSSR count). The molecule has 6 nitrogen and oxygen atoms in total. The van der Waals surface area contributed by atoms with E-state index in [1.54, 1.807) is 0 Å². The van der Waals surface area contributed by atoms with Crippen LogP contribution < -0.4 is 10.6 Å². The van der Waals surface area contributed by atoms with Gasteiger partial charge in [-0.05, 0) is 47.5 Å². The molecule has 0 unspecified atom stereocenters. The first-order valence-electron chi connectivity index (χ1n) is 7.64. The van der Waals surface area contributed by atoms with E-state index in [0.29, 0.717) is 0 Å². The summed E-state index contributed by atoms with van der Waals surface area (Å²) in [6, 6.07) is 13.1. The fourth-order valence-electron chi connectivity index (χ4n) is 2.13. The van der Waals surface area contributed by atoms with Crippen molar-refractivity contribution in [2.24, 2.45) is 0 Å². The Kier molecular flexibility index (Phi) is 5.48. The van der Waals surface area contributed by atoms with Crippen molar-refractivity contribution in [3.8, 4) is 0 Å². The Morgan fingerprint density at radius 1 is 1.04 bits per heavy atom. The Morgan fingerprint density at radius 2 is 1.60 bits per heavy atom. The average Bonchev–Trinajstić information content (AvgIpc) is 2.54. The van der Waals surface area contributed by atoms with Crippen LogP contribution in [0.4, 0.5) is 11.4 Å². The normalized spacial score (nSPS) is 10.8. The molecule has 0 aliphatic heterocycles. The molecule has 2 aromatic carbocycles. The van der Waals surface area contributed by atoms with Gasteiger partial charge in [0.2, 0.25) is 0 Å². The molecule has 2 aromatic rings. The van der Waals surface area contributed by atoms with E-state index >= 15 is 0 Å². The number of nitrogens with zero attached hydrogens (tertiary/aromatic N) is 1. The highest BCUT2D eigenvalue weighted by atomic mass is 32.1. The summed E-state index contributed by atoms with van der Waals surface area (Å²) in [7, 11) is 0. The molecule has 0 heterocycles. The van der Waals surface area contributed by atoms with E-state index in [1.807, 2.05) is 24.3 Å². The first kappa shape index (κ1) is 18.5. The first-order valence-corrected chi connectivity index (χ1v) is 8.05. The average molecular weight is 357 g/mol. The summed E-state index contributed by atoms with van der Waals surface area (Å²) in [5.41, 5.74) is 2.23. The van der Waals surface area contributed by atoms with Gasteiger partial charge in [-0.2, -0.15) is 0 Å². The van der Waals surface area contributed by atoms with Gasteiger partial charge in [0, 0.05) is 23.4 Å². The fraction of sp³-hybridized carbons (Fsp3) is 0.222. The molecule has 0 saturated carbocycles. The minimum atomic E-state index is -0.519. The molecule has 0 atom stereocenters. The third-order valence-corrected chi connectivity index (χ3v) is 3.78. The maximum Gasteiger partial charge on any atom is 0.269 e. The number of benzene rings is 2. The van der Waals surface area contributed by atoms with Gasteiger partial charge in [-0.3, -0.25) is 20.2 Å². The molecule has 0 fully saturated rings. The zero-order valence-corrected chi connectivity index (χ0v) is 15.0. The van der Waals surface area contributed by atoms with E-state index < -0.39 is 10.8 Å². The Balaban J connectivity index is 1.97. The molecule has 0 aromatic heterocycles. The quantitative estimate of drug-likeness (QED) is 0.492. The maximum atomic E-state index is 12.1. The smallest absolute Gasteiger partial charge is 0.269 e. The van der Waals surface area contributed by atoms with Gasteiger partial charge in [-0.1, -0.05) is 32.9 Å². The van der Waals surface area contributed by atoms with Crippen LogP contribution in [0, 0.1) is 10.1 Å². The Bertz CT molecular complexity index is 794. The van der Waals surface area contributed by atoms with Gasteiger partial charge in [0.15, 0.2) is 5.11 Å². The number of thiocarbonyl (C=S) groups is 1. The summed E-state index contributed by atoms with van der Waals surface area (Å²) in [5.74, 6) is -0.432. The predicted molar refractivity (Wildman–Crippen MR) is 102 cm³/mol. The lowest BCUT2D eigenvalue weighted by Gasteiger charge is -2.19. The molecule has 0 aliphatic carbocycles. The van der Waals surface area contributed by atoms with E-state index in [1.165, 1.54) is 29.8 Å². The highest BCUT2D eigenvalue weighted by Gasteiger charge is 2.14. The monoisotopic (exact) mass is 357 g/mol. The zero-order valence-electron chi connectivity index (χ0n) is 14.2. The van der Waals surface area contributed by atoms with Crippen LogP contribution in [-0.4, -0.2) is 15.9 Å². The number of nitrogens with one attached hydrogen (secondary N) is 2. The van der Waals surface area contributed by atoms with Crippen molar-refractivity contribution >= 4 is 34.6 Å². The van der Waals surface area contributed by atoms with Crippen LogP contribution in [-0.2, 0) is 5.41 Å². The van der Waals surface area contributed by atoms with E-state index in [9.17, 15) is 14.9 Å². The SMILES string of the molecule is CC(C)(C)c1ccc(NC(=S)NC(=O)c2ccc([N+](=O)[O-])cc2)cc1. The van der Waals surface area contributed by atoms with Gasteiger partial charge in [0.05, 0.1) is 4.92 Å². The number of carbonyl (C=O) groups is 1. The topological polar surface area (TPSA) is 84.3 Å². The van der Waals surface area contributed by atoms with Crippen LogP contribution in [0.1, 0.15) is 36.7 Å². The van der Waals surface area contributed by atoms with Crippen molar-refractivity contribution in [1.82, 2.24) is 5.32 Å². The van der Waals surface area contributed by atoms with Gasteiger partial charge in [0.1, 0.15) is 0 Å². The third kappa shape index (κ3) is 5.09. The Morgan fingerprint density at radius 3 is 2.08 bits per heavy atom. The molecule has 0 aliphatic rings. The molecule has 2 N–H and O–H groups in total. The lowest BCUT2D eigenvalue weighted by atomic mass is 9.87. The maximum absolute atomic E-state index is 12.1. The number of anilines is 1. The van der Waals surface area contributed by atoms with Crippen LogP contribution in [0.3, 0.4) is 0 Å². The number of non-ortho nitro benzene ring substituents is 1. The third-order valence-electron chi connectivity index (χ3n) is 3.58. The van der Waals surface area contributed by atoms with Crippen LogP contribution >= 0.6 is 12.2 Å². The van der Waals surface area contributed by atoms with E-state index in [4.69, 9.17) is 12.2 Å². The standard InChI is InChI=1S/C18H19N3O3S/c1-18(2,3)13-6-8-14(9-7-13)19-17(25)20-16(22)12-4-10-15(11-5-12)21(23)24/h4-11H,1-3H3,(H2,19,20,22,25). The van der Waals surface area contributed by atoms with Gasteiger partial charge >= 0.3 is 0 Å². The second kappa shape index (κ2) is 7.40. The largest absolute Gasteiger partial charge is 0.332 e. The first-order chi connectivity index (χ1) is 11.7. The number of nitro benzene ring substituents is 1. The number of nitro groups is 1. The number of hydrogen-bond acceptors (Lipinski definition) is 4. The molecule has 0 radical (unpaired) electrons. The minimum Gasteiger partial charge on any atom is -0.332 e. The minimum absolute atomic E-state index is 0.0587. The summed E-state index contributed by atoms with van der Waals surface area (Å²) in [4.78, 5) is 22.2. The van der Waals surface area contributed by atoms with Gasteiger partial charge < -0.3 is 5.32 Å². The number of carbonyl (C=O) groups excluding carboxylic acids is 1. The molecular formula is C18H19N3O3S.